The zero-order chi connectivity index (χ0) is 49.2. The first-order valence-corrected chi connectivity index (χ1v) is 31.1. The molecule has 0 radical (unpaired) electrons. The van der Waals surface area contributed by atoms with E-state index in [4.69, 9.17) is 9.05 Å². The first-order valence-electron chi connectivity index (χ1n) is 29.6. The van der Waals surface area contributed by atoms with Crippen molar-refractivity contribution in [1.29, 1.82) is 0 Å². The second-order valence-corrected chi connectivity index (χ2v) is 23.2. The van der Waals surface area contributed by atoms with Gasteiger partial charge in [0, 0.05) is 6.42 Å². The van der Waals surface area contributed by atoms with Gasteiger partial charge in [0.2, 0.25) is 5.91 Å². The molecule has 0 fully saturated rings. The van der Waals surface area contributed by atoms with Crippen molar-refractivity contribution in [2.24, 2.45) is 0 Å². The third-order valence-electron chi connectivity index (χ3n) is 13.8. The van der Waals surface area contributed by atoms with Crippen molar-refractivity contribution >= 4 is 13.7 Å². The fourth-order valence-corrected chi connectivity index (χ4v) is 9.84. The van der Waals surface area contributed by atoms with E-state index in [0.717, 1.165) is 32.1 Å². The zero-order valence-corrected chi connectivity index (χ0v) is 46.6. The van der Waals surface area contributed by atoms with Crippen LogP contribution in [0.25, 0.3) is 0 Å². The number of phosphoric acid groups is 1. The summed E-state index contributed by atoms with van der Waals surface area (Å²) in [4.78, 5) is 23.3. The summed E-state index contributed by atoms with van der Waals surface area (Å²) in [5, 5.41) is 13.9. The molecular formula is C58H118N2O6P+. The Kier molecular flexibility index (Phi) is 49.6. The van der Waals surface area contributed by atoms with E-state index >= 15 is 0 Å². The Bertz CT molecular complexity index is 1100. The first-order chi connectivity index (χ1) is 32.5. The smallest absolute Gasteiger partial charge is 0.387 e. The van der Waals surface area contributed by atoms with E-state index in [2.05, 4.69) is 19.2 Å². The normalized spacial score (nSPS) is 14.0. The number of carbonyl (C=O) groups is 1. The molecule has 3 atom stereocenters. The van der Waals surface area contributed by atoms with Crippen molar-refractivity contribution in [3.05, 3.63) is 12.2 Å². The largest absolute Gasteiger partial charge is 0.472 e. The van der Waals surface area contributed by atoms with Gasteiger partial charge >= 0.3 is 7.82 Å². The monoisotopic (exact) mass is 970 g/mol. The van der Waals surface area contributed by atoms with E-state index in [1.165, 1.54) is 250 Å². The van der Waals surface area contributed by atoms with E-state index in [1.54, 1.807) is 6.08 Å². The van der Waals surface area contributed by atoms with E-state index < -0.39 is 20.0 Å². The first kappa shape index (κ1) is 66.2. The minimum absolute atomic E-state index is 0.0650. The minimum atomic E-state index is -4.34. The topological polar surface area (TPSA) is 105 Å². The average molecular weight is 971 g/mol. The summed E-state index contributed by atoms with van der Waals surface area (Å²) in [6, 6.07) is -0.841. The Morgan fingerprint density at radius 3 is 1.10 bits per heavy atom. The summed E-state index contributed by atoms with van der Waals surface area (Å²) < 4.78 is 23.7. The molecule has 67 heavy (non-hydrogen) atoms. The highest BCUT2D eigenvalue weighted by Crippen LogP contribution is 2.43. The van der Waals surface area contributed by atoms with Gasteiger partial charge in [-0.1, -0.05) is 289 Å². The molecule has 1 amide bonds. The van der Waals surface area contributed by atoms with Gasteiger partial charge in [0.05, 0.1) is 39.9 Å². The highest BCUT2D eigenvalue weighted by molar-refractivity contribution is 7.47. The van der Waals surface area contributed by atoms with Crippen LogP contribution in [0.5, 0.6) is 0 Å². The summed E-state index contributed by atoms with van der Waals surface area (Å²) in [5.74, 6) is -0.170. The molecule has 0 heterocycles. The number of carbonyl (C=O) groups excluding carboxylic acids is 1. The number of allylic oxidation sites excluding steroid dienone is 1. The van der Waals surface area contributed by atoms with Crippen molar-refractivity contribution in [2.45, 2.75) is 315 Å². The lowest BCUT2D eigenvalue weighted by molar-refractivity contribution is -0.870. The van der Waals surface area contributed by atoms with Gasteiger partial charge in [-0.3, -0.25) is 13.8 Å². The number of phosphoric ester groups is 1. The maximum Gasteiger partial charge on any atom is 0.472 e. The minimum Gasteiger partial charge on any atom is -0.387 e. The fourth-order valence-electron chi connectivity index (χ4n) is 9.10. The number of amides is 1. The molecule has 400 valence electrons. The molecule has 0 aromatic rings. The van der Waals surface area contributed by atoms with Crippen molar-refractivity contribution < 1.29 is 32.9 Å². The second kappa shape index (κ2) is 50.2. The highest BCUT2D eigenvalue weighted by Gasteiger charge is 2.27. The standard InChI is InChI=1S/C58H117N2O6P/c1-6-8-10-12-14-16-18-20-22-23-24-25-26-27-28-29-30-31-32-33-34-35-36-38-40-42-44-46-48-50-52-58(62)59-56(55-66-67(63,64)65-54-53-60(3,4)5)57(61)51-49-47-45-43-41-39-37-21-19-17-15-13-11-9-7-2/h49,51,56-57,61H,6-48,50,52-55H2,1-5H3,(H-,59,62,63,64)/p+1/b51-49+/t56-,57+/m0/s1. The third-order valence-corrected chi connectivity index (χ3v) is 14.7. The molecular weight excluding hydrogens is 852 g/mol. The molecule has 0 aliphatic rings. The Balaban J connectivity index is 4.03. The maximum atomic E-state index is 13.0. The van der Waals surface area contributed by atoms with Crippen LogP contribution in [0, 0.1) is 0 Å². The average Bonchev–Trinajstić information content (AvgIpc) is 3.29. The van der Waals surface area contributed by atoms with Gasteiger partial charge in [-0.15, -0.1) is 0 Å². The van der Waals surface area contributed by atoms with Crippen LogP contribution in [0.3, 0.4) is 0 Å². The van der Waals surface area contributed by atoms with Gasteiger partial charge < -0.3 is 19.8 Å². The highest BCUT2D eigenvalue weighted by atomic mass is 31.2. The summed E-state index contributed by atoms with van der Waals surface area (Å²) in [5.41, 5.74) is 0. The molecule has 1 unspecified atom stereocenters. The summed E-state index contributed by atoms with van der Waals surface area (Å²) in [6.45, 7) is 4.86. The van der Waals surface area contributed by atoms with Crippen LogP contribution >= 0.6 is 7.82 Å². The number of nitrogens with one attached hydrogen (secondary N) is 1. The molecule has 3 N–H and O–H groups in total. The quantitative estimate of drug-likeness (QED) is 0.0243. The molecule has 0 aromatic carbocycles. The summed E-state index contributed by atoms with van der Waals surface area (Å²) in [6.07, 6.45) is 61.8. The Morgan fingerprint density at radius 2 is 0.791 bits per heavy atom. The molecule has 0 aromatic heterocycles. The summed E-state index contributed by atoms with van der Waals surface area (Å²) >= 11 is 0. The molecule has 0 rings (SSSR count). The molecule has 0 saturated carbocycles. The van der Waals surface area contributed by atoms with Crippen LogP contribution in [-0.4, -0.2) is 73.4 Å². The van der Waals surface area contributed by atoms with E-state index in [0.29, 0.717) is 17.4 Å². The maximum absolute atomic E-state index is 13.0. The number of unbranched alkanes of at least 4 members (excludes halogenated alkanes) is 42. The number of hydrogen-bond donors (Lipinski definition) is 3. The van der Waals surface area contributed by atoms with E-state index in [-0.39, 0.29) is 19.1 Å². The number of likely N-dealkylation sites (N-methyl/N-ethyl adjacent to an activating group) is 1. The van der Waals surface area contributed by atoms with Gasteiger partial charge in [0.25, 0.3) is 0 Å². The van der Waals surface area contributed by atoms with Crippen molar-refractivity contribution in [3.8, 4) is 0 Å². The van der Waals surface area contributed by atoms with Gasteiger partial charge in [-0.2, -0.15) is 0 Å². The van der Waals surface area contributed by atoms with Crippen LogP contribution in [0.4, 0.5) is 0 Å². The number of quaternary nitrogens is 1. The van der Waals surface area contributed by atoms with Crippen molar-refractivity contribution in [2.75, 3.05) is 40.9 Å². The molecule has 9 heteroatoms. The van der Waals surface area contributed by atoms with Gasteiger partial charge in [0.15, 0.2) is 0 Å². The van der Waals surface area contributed by atoms with E-state index in [9.17, 15) is 19.4 Å². The lowest BCUT2D eigenvalue weighted by atomic mass is 10.0. The number of rotatable bonds is 55. The molecule has 0 aliphatic heterocycles. The molecule has 8 nitrogen and oxygen atoms in total. The zero-order valence-electron chi connectivity index (χ0n) is 45.7. The van der Waals surface area contributed by atoms with Crippen molar-refractivity contribution in [1.82, 2.24) is 5.32 Å². The number of nitrogens with zero attached hydrogens (tertiary/aromatic N) is 1. The van der Waals surface area contributed by atoms with Crippen LogP contribution in [0.15, 0.2) is 12.2 Å². The molecule has 0 bridgehead atoms. The number of aliphatic hydroxyl groups is 1. The van der Waals surface area contributed by atoms with Crippen LogP contribution in [-0.2, 0) is 18.4 Å². The van der Waals surface area contributed by atoms with Crippen LogP contribution in [0.2, 0.25) is 0 Å². The van der Waals surface area contributed by atoms with Crippen LogP contribution < -0.4 is 5.32 Å². The molecule has 0 spiro atoms. The lowest BCUT2D eigenvalue weighted by Gasteiger charge is -2.25. The second-order valence-electron chi connectivity index (χ2n) is 21.7. The number of aliphatic hydroxyl groups excluding tert-OH is 1. The van der Waals surface area contributed by atoms with Crippen molar-refractivity contribution in [3.63, 3.8) is 0 Å². The third kappa shape index (κ3) is 52.9. The molecule has 0 aliphatic carbocycles. The van der Waals surface area contributed by atoms with Gasteiger partial charge in [-0.05, 0) is 19.3 Å². The Hall–Kier alpha value is -0.760. The predicted molar refractivity (Wildman–Crippen MR) is 291 cm³/mol. The fraction of sp³-hybridized carbons (Fsp3) is 0.948. The van der Waals surface area contributed by atoms with E-state index in [1.807, 2.05) is 27.2 Å². The predicted octanol–water partition coefficient (Wildman–Crippen LogP) is 17.8. The number of hydrogen-bond acceptors (Lipinski definition) is 5. The Morgan fingerprint density at radius 1 is 0.493 bits per heavy atom. The molecule has 0 saturated heterocycles. The summed E-state index contributed by atoms with van der Waals surface area (Å²) in [7, 11) is 1.59. The lowest BCUT2D eigenvalue weighted by Crippen LogP contribution is -2.45. The van der Waals surface area contributed by atoms with Gasteiger partial charge in [-0.25, -0.2) is 4.57 Å². The van der Waals surface area contributed by atoms with Crippen LogP contribution in [0.1, 0.15) is 303 Å². The Labute approximate surface area is 418 Å². The van der Waals surface area contributed by atoms with Gasteiger partial charge in [0.1, 0.15) is 13.2 Å². The SMILES string of the molecule is CCCCCCCCCCCCCCC/C=C/[C@@H](O)[C@H](COP(=O)(O)OCC[N+](C)(C)C)NC(=O)CCCCCCCCCCCCCCCCCCCCCCCCCCCCCCCC.